The highest BCUT2D eigenvalue weighted by Crippen LogP contribution is 2.34. The lowest BCUT2D eigenvalue weighted by Crippen LogP contribution is -2.34. The van der Waals surface area contributed by atoms with E-state index in [9.17, 15) is 0 Å². The van der Waals surface area contributed by atoms with Gasteiger partial charge in [0, 0.05) is 24.0 Å². The first-order valence-corrected chi connectivity index (χ1v) is 10.8. The molecule has 1 aromatic heterocycles. The second-order valence-corrected chi connectivity index (χ2v) is 7.39. The molecule has 0 aliphatic carbocycles. The number of allylic oxidation sites excluding steroid dienone is 1. The number of hydrogen-bond acceptors (Lipinski definition) is 4. The molecule has 30 heavy (non-hydrogen) atoms. The van der Waals surface area contributed by atoms with Crippen molar-refractivity contribution >= 4 is 17.9 Å². The summed E-state index contributed by atoms with van der Waals surface area (Å²) in [5.74, 6) is 4.87. The van der Waals surface area contributed by atoms with E-state index in [4.69, 9.17) is 11.2 Å². The zero-order valence-electron chi connectivity index (χ0n) is 18.2. The van der Waals surface area contributed by atoms with E-state index in [0.29, 0.717) is 12.5 Å². The minimum atomic E-state index is 0.312. The van der Waals surface area contributed by atoms with Gasteiger partial charge in [-0.25, -0.2) is 4.99 Å². The van der Waals surface area contributed by atoms with E-state index in [-0.39, 0.29) is 0 Å². The Morgan fingerprint density at radius 2 is 1.93 bits per heavy atom. The Labute approximate surface area is 180 Å². The van der Waals surface area contributed by atoms with Gasteiger partial charge < -0.3 is 15.0 Å². The third kappa shape index (κ3) is 5.14. The van der Waals surface area contributed by atoms with Crippen molar-refractivity contribution in [3.63, 3.8) is 0 Å². The Morgan fingerprint density at radius 1 is 1.20 bits per heavy atom. The molecule has 0 amide bonds. The average Bonchev–Trinajstić information content (AvgIpc) is 3.29. The molecule has 4 rings (SSSR count). The van der Waals surface area contributed by atoms with E-state index in [0.717, 1.165) is 31.2 Å². The van der Waals surface area contributed by atoms with Gasteiger partial charge in [-0.2, -0.15) is 0 Å². The quantitative estimate of drug-likeness (QED) is 0.693. The summed E-state index contributed by atoms with van der Waals surface area (Å²) >= 11 is 0. The van der Waals surface area contributed by atoms with Gasteiger partial charge in [0.25, 0.3) is 0 Å². The van der Waals surface area contributed by atoms with Gasteiger partial charge in [-0.1, -0.05) is 31.9 Å². The Kier molecular flexibility index (Phi) is 7.75. The third-order valence-corrected chi connectivity index (χ3v) is 5.64. The molecule has 0 spiro atoms. The van der Waals surface area contributed by atoms with E-state index < -0.39 is 0 Å². The molecule has 0 unspecified atom stereocenters. The monoisotopic (exact) mass is 404 g/mol. The number of nitrogens with zero attached hydrogens (tertiary/aromatic N) is 2. The lowest BCUT2D eigenvalue weighted by atomic mass is 9.87. The maximum atomic E-state index is 5.45. The highest BCUT2D eigenvalue weighted by atomic mass is 16.5. The number of benzene rings is 1. The van der Waals surface area contributed by atoms with Crippen molar-refractivity contribution in [2.24, 2.45) is 10.9 Å². The van der Waals surface area contributed by atoms with Crippen molar-refractivity contribution < 1.29 is 4.74 Å². The van der Waals surface area contributed by atoms with Crippen LogP contribution in [0.5, 0.6) is 5.75 Å². The standard InChI is InChI=1S/C23H26N4O.C2H6/c1-3-14-28-20-6-4-18(5-7-20)15-27-12-9-19(10-13-27)17(2)22-21-8-11-24-23(21)26-16-25-22;1-2/h1,4-8,11,16,19,24H,9-10,12-15H2,2H3,(H,25,26);1-2H3/b22-17+;. The maximum Gasteiger partial charge on any atom is 0.148 e. The van der Waals surface area contributed by atoms with E-state index in [1.165, 1.54) is 35.2 Å². The van der Waals surface area contributed by atoms with Crippen LogP contribution in [0.2, 0.25) is 0 Å². The summed E-state index contributed by atoms with van der Waals surface area (Å²) in [4.78, 5) is 10.1. The highest BCUT2D eigenvalue weighted by Gasteiger charge is 2.24. The fourth-order valence-corrected chi connectivity index (χ4v) is 4.04. The third-order valence-electron chi connectivity index (χ3n) is 5.64. The molecule has 0 bridgehead atoms. The SMILES string of the molecule is C#CCOc1ccc(CN2CCC(/C(C)=C3/NC=Nc4[nH]ccc43)CC2)cc1.CC. The highest BCUT2D eigenvalue weighted by molar-refractivity contribution is 5.87. The number of hydrogen-bond donors (Lipinski definition) is 2. The molecule has 2 aliphatic rings. The normalized spacial score (nSPS) is 17.8. The molecular formula is C25H32N4O. The van der Waals surface area contributed by atoms with Gasteiger partial charge in [-0.3, -0.25) is 4.90 Å². The van der Waals surface area contributed by atoms with Crippen LogP contribution in [-0.4, -0.2) is 35.9 Å². The summed E-state index contributed by atoms with van der Waals surface area (Å²) in [6, 6.07) is 10.4. The Bertz CT molecular complexity index is 909. The van der Waals surface area contributed by atoms with Gasteiger partial charge >= 0.3 is 0 Å². The zero-order valence-corrected chi connectivity index (χ0v) is 18.2. The molecule has 0 saturated carbocycles. The molecule has 5 nitrogen and oxygen atoms in total. The van der Waals surface area contributed by atoms with Crippen molar-refractivity contribution in [2.75, 3.05) is 19.7 Å². The van der Waals surface area contributed by atoms with Gasteiger partial charge in [0.1, 0.15) is 18.2 Å². The molecule has 1 saturated heterocycles. The second-order valence-electron chi connectivity index (χ2n) is 7.39. The van der Waals surface area contributed by atoms with Crippen LogP contribution in [-0.2, 0) is 6.54 Å². The minimum Gasteiger partial charge on any atom is -0.481 e. The number of aromatic nitrogens is 1. The topological polar surface area (TPSA) is 52.6 Å². The van der Waals surface area contributed by atoms with Crippen molar-refractivity contribution in [3.8, 4) is 18.1 Å². The van der Waals surface area contributed by atoms with Crippen molar-refractivity contribution in [2.45, 2.75) is 40.2 Å². The lowest BCUT2D eigenvalue weighted by molar-refractivity contribution is 0.191. The molecular weight excluding hydrogens is 372 g/mol. The van der Waals surface area contributed by atoms with E-state index >= 15 is 0 Å². The Hall–Kier alpha value is -2.97. The van der Waals surface area contributed by atoms with Crippen LogP contribution in [0, 0.1) is 18.3 Å². The van der Waals surface area contributed by atoms with Crippen LogP contribution >= 0.6 is 0 Å². The molecule has 3 heterocycles. The number of fused-ring (bicyclic) bond motifs is 1. The lowest BCUT2D eigenvalue weighted by Gasteiger charge is -2.33. The van der Waals surface area contributed by atoms with Gasteiger partial charge in [-0.05, 0) is 68.1 Å². The van der Waals surface area contributed by atoms with Gasteiger partial charge in [0.15, 0.2) is 0 Å². The molecule has 5 heteroatoms. The first kappa shape index (κ1) is 21.7. The van der Waals surface area contributed by atoms with E-state index in [2.05, 4.69) is 51.2 Å². The number of aromatic amines is 1. The number of aliphatic imine (C=N–C) groups is 1. The first-order chi connectivity index (χ1) is 14.7. The molecule has 0 radical (unpaired) electrons. The maximum absolute atomic E-state index is 5.45. The predicted octanol–water partition coefficient (Wildman–Crippen LogP) is 4.96. The second kappa shape index (κ2) is 10.7. The van der Waals surface area contributed by atoms with Gasteiger partial charge in [0.05, 0.1) is 6.34 Å². The molecule has 158 valence electrons. The summed E-state index contributed by atoms with van der Waals surface area (Å²) in [5.41, 5.74) is 5.13. The number of H-pyrrole nitrogens is 1. The summed E-state index contributed by atoms with van der Waals surface area (Å²) in [6.45, 7) is 9.77. The average molecular weight is 405 g/mol. The Morgan fingerprint density at radius 3 is 2.63 bits per heavy atom. The van der Waals surface area contributed by atoms with Crippen molar-refractivity contribution in [3.05, 3.63) is 53.2 Å². The van der Waals surface area contributed by atoms with Crippen LogP contribution in [0.4, 0.5) is 5.82 Å². The van der Waals surface area contributed by atoms with E-state index in [1.54, 1.807) is 6.34 Å². The van der Waals surface area contributed by atoms with Gasteiger partial charge in [-0.15, -0.1) is 6.42 Å². The summed E-state index contributed by atoms with van der Waals surface area (Å²) in [6.07, 6.45) is 11.3. The number of terminal acetylenes is 1. The van der Waals surface area contributed by atoms with Crippen LogP contribution < -0.4 is 10.1 Å². The predicted molar refractivity (Wildman–Crippen MR) is 125 cm³/mol. The molecule has 1 aromatic carbocycles. The fourth-order valence-electron chi connectivity index (χ4n) is 4.04. The van der Waals surface area contributed by atoms with Gasteiger partial charge in [0.2, 0.25) is 0 Å². The molecule has 2 aliphatic heterocycles. The minimum absolute atomic E-state index is 0.312. The largest absolute Gasteiger partial charge is 0.481 e. The molecule has 0 atom stereocenters. The summed E-state index contributed by atoms with van der Waals surface area (Å²) in [7, 11) is 0. The van der Waals surface area contributed by atoms with Crippen LogP contribution in [0.3, 0.4) is 0 Å². The smallest absolute Gasteiger partial charge is 0.148 e. The summed E-state index contributed by atoms with van der Waals surface area (Å²) < 4.78 is 5.45. The number of ether oxygens (including phenoxy) is 1. The van der Waals surface area contributed by atoms with Crippen molar-refractivity contribution in [1.29, 1.82) is 0 Å². The first-order valence-electron chi connectivity index (χ1n) is 10.8. The Balaban J connectivity index is 0.00000124. The molecule has 1 fully saturated rings. The van der Waals surface area contributed by atoms with E-state index in [1.807, 2.05) is 32.2 Å². The number of rotatable bonds is 5. The number of likely N-dealkylation sites (tertiary alicyclic amines) is 1. The molecule has 2 aromatic rings. The van der Waals surface area contributed by atoms with Crippen LogP contribution in [0.15, 0.2) is 47.1 Å². The zero-order chi connectivity index (χ0) is 21.3. The summed E-state index contributed by atoms with van der Waals surface area (Å²) in [5, 5.41) is 3.36. The van der Waals surface area contributed by atoms with Crippen LogP contribution in [0.1, 0.15) is 44.7 Å². The number of piperidine rings is 1. The fraction of sp³-hybridized carbons (Fsp3) is 0.400. The van der Waals surface area contributed by atoms with Crippen LogP contribution in [0.25, 0.3) is 5.70 Å². The number of nitrogens with one attached hydrogen (secondary N) is 2. The van der Waals surface area contributed by atoms with Crippen molar-refractivity contribution in [1.82, 2.24) is 15.2 Å². The molecule has 2 N–H and O–H groups in total.